The van der Waals surface area contributed by atoms with Gasteiger partial charge in [-0.25, -0.2) is 0 Å². The van der Waals surface area contributed by atoms with Gasteiger partial charge in [0.25, 0.3) is 0 Å². The average molecular weight is 158 g/mol. The third-order valence-electron chi connectivity index (χ3n) is 1.76. The Labute approximate surface area is 71.9 Å². The number of hydrogen-bond donors (Lipinski definition) is 1. The maximum atomic E-state index is 8.32. The van der Waals surface area contributed by atoms with Crippen molar-refractivity contribution in [2.75, 3.05) is 5.73 Å². The summed E-state index contributed by atoms with van der Waals surface area (Å²) in [6.45, 7) is 1.94. The van der Waals surface area contributed by atoms with Gasteiger partial charge in [-0.15, -0.1) is 0 Å². The van der Waals surface area contributed by atoms with E-state index in [1.165, 1.54) is 6.08 Å². The van der Waals surface area contributed by atoms with Crippen LogP contribution in [0.4, 0.5) is 5.69 Å². The van der Waals surface area contributed by atoms with Gasteiger partial charge in [-0.05, 0) is 30.2 Å². The maximum absolute atomic E-state index is 8.32. The normalized spacial score (nSPS) is 10.0. The Hall–Kier alpha value is -1.75. The Morgan fingerprint density at radius 1 is 1.50 bits per heavy atom. The summed E-state index contributed by atoms with van der Waals surface area (Å²) < 4.78 is 0. The van der Waals surface area contributed by atoms with Gasteiger partial charge in [-0.2, -0.15) is 5.26 Å². The fourth-order valence-corrected chi connectivity index (χ4v) is 0.980. The number of allylic oxidation sites excluding steroid dienone is 1. The van der Waals surface area contributed by atoms with Crippen LogP contribution in [0.15, 0.2) is 24.3 Å². The lowest BCUT2D eigenvalue weighted by atomic mass is 10.1. The monoisotopic (exact) mass is 158 g/mol. The van der Waals surface area contributed by atoms with E-state index >= 15 is 0 Å². The standard InChI is InChI=1S/C10H10N2/c1-8-9(5-3-7-11)4-2-6-10(8)12/h2-6H,12H2,1H3. The molecule has 12 heavy (non-hydrogen) atoms. The second-order valence-corrected chi connectivity index (χ2v) is 2.52. The molecule has 2 heteroatoms. The lowest BCUT2D eigenvalue weighted by molar-refractivity contribution is 1.44. The Balaban J connectivity index is 3.10. The average Bonchev–Trinajstić information content (AvgIpc) is 2.08. The summed E-state index contributed by atoms with van der Waals surface area (Å²) >= 11 is 0. The van der Waals surface area contributed by atoms with Gasteiger partial charge < -0.3 is 5.73 Å². The molecule has 1 rings (SSSR count). The molecular formula is C10H10N2. The highest BCUT2D eigenvalue weighted by molar-refractivity contribution is 5.63. The highest BCUT2D eigenvalue weighted by Gasteiger charge is 1.95. The van der Waals surface area contributed by atoms with Gasteiger partial charge in [-0.3, -0.25) is 0 Å². The molecule has 0 aliphatic rings. The third kappa shape index (κ3) is 1.64. The zero-order chi connectivity index (χ0) is 8.97. The molecule has 0 aromatic heterocycles. The van der Waals surface area contributed by atoms with Crippen LogP contribution in [-0.4, -0.2) is 0 Å². The smallest absolute Gasteiger partial charge is 0.0912 e. The van der Waals surface area contributed by atoms with E-state index < -0.39 is 0 Å². The molecule has 1 aromatic carbocycles. The topological polar surface area (TPSA) is 49.8 Å². The second kappa shape index (κ2) is 3.59. The van der Waals surface area contributed by atoms with E-state index in [9.17, 15) is 0 Å². The fraction of sp³-hybridized carbons (Fsp3) is 0.100. The first-order valence-corrected chi connectivity index (χ1v) is 3.67. The lowest BCUT2D eigenvalue weighted by Gasteiger charge is -2.02. The third-order valence-corrected chi connectivity index (χ3v) is 1.76. The first-order chi connectivity index (χ1) is 5.75. The molecule has 0 saturated heterocycles. The molecule has 0 radical (unpaired) electrons. The van der Waals surface area contributed by atoms with Crippen molar-refractivity contribution in [2.24, 2.45) is 0 Å². The molecular weight excluding hydrogens is 148 g/mol. The van der Waals surface area contributed by atoms with Crippen molar-refractivity contribution in [1.29, 1.82) is 5.26 Å². The summed E-state index contributed by atoms with van der Waals surface area (Å²) in [5, 5.41) is 8.32. The van der Waals surface area contributed by atoms with Gasteiger partial charge in [0.1, 0.15) is 0 Å². The summed E-state index contributed by atoms with van der Waals surface area (Å²) in [7, 11) is 0. The van der Waals surface area contributed by atoms with Crippen molar-refractivity contribution in [3.05, 3.63) is 35.4 Å². The minimum atomic E-state index is 0.759. The molecule has 0 bridgehead atoms. The number of hydrogen-bond acceptors (Lipinski definition) is 2. The fourth-order valence-electron chi connectivity index (χ4n) is 0.980. The number of nitriles is 1. The van der Waals surface area contributed by atoms with Crippen molar-refractivity contribution in [1.82, 2.24) is 0 Å². The predicted molar refractivity (Wildman–Crippen MR) is 50.2 cm³/mol. The van der Waals surface area contributed by atoms with Crippen LogP contribution in [0.3, 0.4) is 0 Å². The van der Waals surface area contributed by atoms with Gasteiger partial charge in [0.05, 0.1) is 6.07 Å². The van der Waals surface area contributed by atoms with Crippen LogP contribution in [0.2, 0.25) is 0 Å². The predicted octanol–water partition coefficient (Wildman–Crippen LogP) is 2.11. The molecule has 0 aliphatic carbocycles. The number of rotatable bonds is 1. The molecule has 1 aromatic rings. The molecule has 2 nitrogen and oxygen atoms in total. The molecule has 0 heterocycles. The van der Waals surface area contributed by atoms with E-state index in [-0.39, 0.29) is 0 Å². The minimum Gasteiger partial charge on any atom is -0.398 e. The number of nitrogens with two attached hydrogens (primary N) is 1. The van der Waals surface area contributed by atoms with Gasteiger partial charge in [0.15, 0.2) is 0 Å². The van der Waals surface area contributed by atoms with Gasteiger partial charge in [0, 0.05) is 11.8 Å². The zero-order valence-electron chi connectivity index (χ0n) is 6.91. The molecule has 0 saturated carbocycles. The molecule has 0 atom stereocenters. The van der Waals surface area contributed by atoms with Crippen LogP contribution < -0.4 is 5.73 Å². The van der Waals surface area contributed by atoms with Gasteiger partial charge in [0.2, 0.25) is 0 Å². The van der Waals surface area contributed by atoms with E-state index in [0.29, 0.717) is 0 Å². The Morgan fingerprint density at radius 2 is 2.25 bits per heavy atom. The van der Waals surface area contributed by atoms with E-state index in [1.54, 1.807) is 6.08 Å². The van der Waals surface area contributed by atoms with Crippen LogP contribution in [-0.2, 0) is 0 Å². The maximum Gasteiger partial charge on any atom is 0.0912 e. The molecule has 0 amide bonds. The van der Waals surface area contributed by atoms with Crippen molar-refractivity contribution < 1.29 is 0 Å². The molecule has 60 valence electrons. The van der Waals surface area contributed by atoms with Crippen molar-refractivity contribution >= 4 is 11.8 Å². The Morgan fingerprint density at radius 3 is 2.92 bits per heavy atom. The molecule has 0 spiro atoms. The number of nitrogen functional groups attached to an aromatic ring is 1. The highest BCUT2D eigenvalue weighted by Crippen LogP contribution is 2.16. The number of nitrogens with zero attached hydrogens (tertiary/aromatic N) is 1. The van der Waals surface area contributed by atoms with E-state index in [4.69, 9.17) is 11.0 Å². The SMILES string of the molecule is Cc1c(N)cccc1C=CC#N. The second-order valence-electron chi connectivity index (χ2n) is 2.52. The summed E-state index contributed by atoms with van der Waals surface area (Å²) in [6, 6.07) is 7.59. The summed E-state index contributed by atoms with van der Waals surface area (Å²) in [4.78, 5) is 0. The van der Waals surface area contributed by atoms with Gasteiger partial charge in [-0.1, -0.05) is 12.1 Å². The summed E-state index contributed by atoms with van der Waals surface area (Å²) in [6.07, 6.45) is 3.20. The molecule has 2 N–H and O–H groups in total. The van der Waals surface area contributed by atoms with Crippen molar-refractivity contribution in [3.63, 3.8) is 0 Å². The van der Waals surface area contributed by atoms with Gasteiger partial charge >= 0.3 is 0 Å². The Kier molecular flexibility index (Phi) is 2.49. The first-order valence-electron chi connectivity index (χ1n) is 3.67. The largest absolute Gasteiger partial charge is 0.398 e. The number of benzene rings is 1. The van der Waals surface area contributed by atoms with E-state index in [1.807, 2.05) is 31.2 Å². The summed E-state index contributed by atoms with van der Waals surface area (Å²) in [5.74, 6) is 0. The van der Waals surface area contributed by atoms with E-state index in [0.717, 1.165) is 16.8 Å². The van der Waals surface area contributed by atoms with E-state index in [2.05, 4.69) is 0 Å². The van der Waals surface area contributed by atoms with Crippen LogP contribution in [0, 0.1) is 18.3 Å². The lowest BCUT2D eigenvalue weighted by Crippen LogP contribution is -1.90. The molecule has 0 unspecified atom stereocenters. The number of anilines is 1. The van der Waals surface area contributed by atoms with Crippen LogP contribution >= 0.6 is 0 Å². The highest BCUT2D eigenvalue weighted by atomic mass is 14.5. The van der Waals surface area contributed by atoms with Crippen LogP contribution in [0.25, 0.3) is 6.08 Å². The Bertz CT molecular complexity index is 345. The first kappa shape index (κ1) is 8.35. The van der Waals surface area contributed by atoms with Crippen LogP contribution in [0.1, 0.15) is 11.1 Å². The summed E-state index contributed by atoms with van der Waals surface area (Å²) in [5.41, 5.74) is 8.45. The molecule has 0 fully saturated rings. The zero-order valence-corrected chi connectivity index (χ0v) is 6.91. The quantitative estimate of drug-likeness (QED) is 0.502. The van der Waals surface area contributed by atoms with Crippen molar-refractivity contribution in [2.45, 2.75) is 6.92 Å². The minimum absolute atomic E-state index is 0.759. The van der Waals surface area contributed by atoms with Crippen LogP contribution in [0.5, 0.6) is 0 Å². The van der Waals surface area contributed by atoms with Crippen molar-refractivity contribution in [3.8, 4) is 6.07 Å². The molecule has 0 aliphatic heterocycles.